The van der Waals surface area contributed by atoms with Crippen molar-refractivity contribution in [2.75, 3.05) is 13.1 Å². The second-order valence-electron chi connectivity index (χ2n) is 7.83. The van der Waals surface area contributed by atoms with E-state index in [1.807, 2.05) is 18.2 Å². The number of para-hydroxylation sites is 1. The van der Waals surface area contributed by atoms with E-state index in [2.05, 4.69) is 10.3 Å². The highest BCUT2D eigenvalue weighted by Crippen LogP contribution is 2.19. The molecule has 1 aromatic carbocycles. The average Bonchev–Trinajstić information content (AvgIpc) is 2.59. The Balaban J connectivity index is 1.76. The van der Waals surface area contributed by atoms with Gasteiger partial charge in [0.05, 0.1) is 5.56 Å². The van der Waals surface area contributed by atoms with E-state index >= 15 is 0 Å². The molecule has 0 unspecified atom stereocenters. The maximum atomic E-state index is 13.1. The van der Waals surface area contributed by atoms with Gasteiger partial charge in [0.25, 0.3) is 5.91 Å². The van der Waals surface area contributed by atoms with Crippen molar-refractivity contribution >= 4 is 22.9 Å². The maximum absolute atomic E-state index is 13.1. The SMILES string of the molecule is CC(C)(C)OC(=O)N[C@H]1CCCN(C(=O)c2cc(=O)[nH]c3ccccc23)C1. The van der Waals surface area contributed by atoms with Crippen molar-refractivity contribution in [2.24, 2.45) is 0 Å². The van der Waals surface area contributed by atoms with Crippen molar-refractivity contribution in [1.29, 1.82) is 0 Å². The fourth-order valence-electron chi connectivity index (χ4n) is 3.31. The molecule has 2 N–H and O–H groups in total. The first kappa shape index (κ1) is 18.9. The van der Waals surface area contributed by atoms with E-state index in [1.165, 1.54) is 6.07 Å². The molecule has 27 heavy (non-hydrogen) atoms. The number of aromatic nitrogens is 1. The number of pyridine rings is 1. The van der Waals surface area contributed by atoms with Crippen LogP contribution < -0.4 is 10.9 Å². The summed E-state index contributed by atoms with van der Waals surface area (Å²) in [6.07, 6.45) is 1.07. The minimum Gasteiger partial charge on any atom is -0.444 e. The number of H-pyrrole nitrogens is 1. The van der Waals surface area contributed by atoms with Crippen molar-refractivity contribution in [3.63, 3.8) is 0 Å². The topological polar surface area (TPSA) is 91.5 Å². The van der Waals surface area contributed by atoms with Crippen LogP contribution in [0.1, 0.15) is 44.0 Å². The first-order valence-corrected chi connectivity index (χ1v) is 9.14. The molecule has 7 nitrogen and oxygen atoms in total. The number of hydrogen-bond donors (Lipinski definition) is 2. The number of aromatic amines is 1. The molecule has 1 fully saturated rings. The fraction of sp³-hybridized carbons (Fsp3) is 0.450. The number of benzene rings is 1. The Kier molecular flexibility index (Phi) is 5.21. The summed E-state index contributed by atoms with van der Waals surface area (Å²) in [5, 5.41) is 3.55. The van der Waals surface area contributed by atoms with Gasteiger partial charge in [0.15, 0.2) is 0 Å². The fourth-order valence-corrected chi connectivity index (χ4v) is 3.31. The molecule has 0 bridgehead atoms. The van der Waals surface area contributed by atoms with Gasteiger partial charge >= 0.3 is 6.09 Å². The number of alkyl carbamates (subject to hydrolysis) is 1. The highest BCUT2D eigenvalue weighted by atomic mass is 16.6. The van der Waals surface area contributed by atoms with Crippen molar-refractivity contribution in [2.45, 2.75) is 45.3 Å². The lowest BCUT2D eigenvalue weighted by Crippen LogP contribution is -2.50. The zero-order valence-corrected chi connectivity index (χ0v) is 15.9. The molecule has 2 amide bonds. The Morgan fingerprint density at radius 3 is 2.74 bits per heavy atom. The summed E-state index contributed by atoms with van der Waals surface area (Å²) in [5.74, 6) is -0.201. The molecular weight excluding hydrogens is 346 g/mol. The van der Waals surface area contributed by atoms with Crippen LogP contribution in [0.2, 0.25) is 0 Å². The molecule has 3 rings (SSSR count). The molecule has 0 saturated carbocycles. The van der Waals surface area contributed by atoms with Gasteiger partial charge in [0.2, 0.25) is 5.56 Å². The lowest BCUT2D eigenvalue weighted by Gasteiger charge is -2.33. The predicted molar refractivity (Wildman–Crippen MR) is 103 cm³/mol. The van der Waals surface area contributed by atoms with Crippen LogP contribution in [0.5, 0.6) is 0 Å². The normalized spacial score (nSPS) is 17.6. The van der Waals surface area contributed by atoms with Gasteiger partial charge in [-0.2, -0.15) is 0 Å². The molecule has 1 atom stereocenters. The number of rotatable bonds is 2. The van der Waals surface area contributed by atoms with Gasteiger partial charge in [-0.3, -0.25) is 9.59 Å². The van der Waals surface area contributed by atoms with Gasteiger partial charge in [0, 0.05) is 36.1 Å². The molecule has 2 aromatic rings. The Hall–Kier alpha value is -2.83. The van der Waals surface area contributed by atoms with E-state index in [0.29, 0.717) is 29.6 Å². The third-order valence-corrected chi connectivity index (χ3v) is 4.41. The summed E-state index contributed by atoms with van der Waals surface area (Å²) in [4.78, 5) is 41.4. The highest BCUT2D eigenvalue weighted by Gasteiger charge is 2.28. The minimum absolute atomic E-state index is 0.175. The van der Waals surface area contributed by atoms with Crippen LogP contribution in [-0.2, 0) is 4.74 Å². The summed E-state index contributed by atoms with van der Waals surface area (Å²) in [5.41, 5.74) is 0.136. The van der Waals surface area contributed by atoms with Crippen molar-refractivity contribution in [1.82, 2.24) is 15.2 Å². The molecule has 0 spiro atoms. The summed E-state index contributed by atoms with van der Waals surface area (Å²) < 4.78 is 5.30. The van der Waals surface area contributed by atoms with Crippen LogP contribution >= 0.6 is 0 Å². The number of carbonyl (C=O) groups excluding carboxylic acids is 2. The Morgan fingerprint density at radius 1 is 1.26 bits per heavy atom. The van der Waals surface area contributed by atoms with Gasteiger partial charge in [-0.05, 0) is 39.7 Å². The lowest BCUT2D eigenvalue weighted by atomic mass is 10.0. The molecule has 0 aliphatic carbocycles. The van der Waals surface area contributed by atoms with Crippen LogP contribution in [0.3, 0.4) is 0 Å². The molecule has 1 saturated heterocycles. The third-order valence-electron chi connectivity index (χ3n) is 4.41. The summed E-state index contributed by atoms with van der Waals surface area (Å²) in [6, 6.07) is 8.41. The molecule has 1 aliphatic heterocycles. The molecule has 2 heterocycles. The van der Waals surface area contributed by atoms with Gasteiger partial charge in [-0.1, -0.05) is 18.2 Å². The van der Waals surface area contributed by atoms with Crippen LogP contribution in [-0.4, -0.2) is 46.6 Å². The van der Waals surface area contributed by atoms with Crippen LogP contribution in [0.15, 0.2) is 35.1 Å². The van der Waals surface area contributed by atoms with Gasteiger partial charge in [0.1, 0.15) is 5.60 Å². The molecule has 144 valence electrons. The number of carbonyl (C=O) groups is 2. The van der Waals surface area contributed by atoms with Crippen molar-refractivity contribution in [3.05, 3.63) is 46.2 Å². The lowest BCUT2D eigenvalue weighted by molar-refractivity contribution is 0.0452. The van der Waals surface area contributed by atoms with Gasteiger partial charge in [-0.15, -0.1) is 0 Å². The minimum atomic E-state index is -0.571. The number of piperidine rings is 1. The number of hydrogen-bond acceptors (Lipinski definition) is 4. The van der Waals surface area contributed by atoms with Crippen LogP contribution in [0.25, 0.3) is 10.9 Å². The van der Waals surface area contributed by atoms with Crippen LogP contribution in [0.4, 0.5) is 4.79 Å². The number of ether oxygens (including phenoxy) is 1. The highest BCUT2D eigenvalue weighted by molar-refractivity contribution is 6.06. The Labute approximate surface area is 157 Å². The zero-order chi connectivity index (χ0) is 19.6. The zero-order valence-electron chi connectivity index (χ0n) is 15.9. The monoisotopic (exact) mass is 371 g/mol. The second kappa shape index (κ2) is 7.42. The number of fused-ring (bicyclic) bond motifs is 1. The Morgan fingerprint density at radius 2 is 2.00 bits per heavy atom. The maximum Gasteiger partial charge on any atom is 0.407 e. The second-order valence-corrected chi connectivity index (χ2v) is 7.83. The standard InChI is InChI=1S/C20H25N3O4/c1-20(2,3)27-19(26)21-13-7-6-10-23(12-13)18(25)15-11-17(24)22-16-9-5-4-8-14(15)16/h4-5,8-9,11,13H,6-7,10,12H2,1-3H3,(H,21,26)(H,22,24)/t13-/m0/s1. The van der Waals surface area contributed by atoms with Gasteiger partial charge < -0.3 is 19.9 Å². The van der Waals surface area contributed by atoms with Crippen molar-refractivity contribution < 1.29 is 14.3 Å². The Bertz CT molecular complexity index is 913. The summed E-state index contributed by atoms with van der Waals surface area (Å²) in [6.45, 7) is 6.40. The van der Waals surface area contributed by atoms with E-state index in [-0.39, 0.29) is 17.5 Å². The summed E-state index contributed by atoms with van der Waals surface area (Å²) >= 11 is 0. The number of nitrogens with zero attached hydrogens (tertiary/aromatic N) is 1. The molecule has 1 aliphatic rings. The molecule has 0 radical (unpaired) electrons. The smallest absolute Gasteiger partial charge is 0.407 e. The van der Waals surface area contributed by atoms with E-state index in [0.717, 1.165) is 12.8 Å². The molecule has 1 aromatic heterocycles. The van der Waals surface area contributed by atoms with Crippen LogP contribution in [0, 0.1) is 0 Å². The van der Waals surface area contributed by atoms with E-state index in [4.69, 9.17) is 4.74 Å². The first-order valence-electron chi connectivity index (χ1n) is 9.14. The van der Waals surface area contributed by atoms with Gasteiger partial charge in [-0.25, -0.2) is 4.79 Å². The first-order chi connectivity index (χ1) is 12.7. The largest absolute Gasteiger partial charge is 0.444 e. The molecule has 7 heteroatoms. The van der Waals surface area contributed by atoms with E-state index in [1.54, 1.807) is 31.7 Å². The number of nitrogens with one attached hydrogen (secondary N) is 2. The summed E-state index contributed by atoms with van der Waals surface area (Å²) in [7, 11) is 0. The quantitative estimate of drug-likeness (QED) is 0.849. The predicted octanol–water partition coefficient (Wildman–Crippen LogP) is 2.66. The van der Waals surface area contributed by atoms with Crippen molar-refractivity contribution in [3.8, 4) is 0 Å². The molecular formula is C20H25N3O4. The van der Waals surface area contributed by atoms with E-state index < -0.39 is 11.7 Å². The number of likely N-dealkylation sites (tertiary alicyclic amines) is 1. The third kappa shape index (κ3) is 4.67. The van der Waals surface area contributed by atoms with E-state index in [9.17, 15) is 14.4 Å². The number of amides is 2. The average molecular weight is 371 g/mol.